The number of para-hydroxylation sites is 2. The fourth-order valence-electron chi connectivity index (χ4n) is 6.27. The van der Waals surface area contributed by atoms with Gasteiger partial charge in [0.1, 0.15) is 11.2 Å². The summed E-state index contributed by atoms with van der Waals surface area (Å²) in [5.74, 6) is 0.610. The second-order valence-electron chi connectivity index (χ2n) is 10.9. The van der Waals surface area contributed by atoms with Crippen molar-refractivity contribution in [3.05, 3.63) is 146 Å². The van der Waals surface area contributed by atoms with Crippen LogP contribution in [0.1, 0.15) is 0 Å². The number of aromatic nitrogens is 4. The molecule has 206 valence electrons. The Morgan fingerprint density at radius 1 is 0.477 bits per heavy atom. The van der Waals surface area contributed by atoms with Crippen LogP contribution in [0.5, 0.6) is 0 Å². The lowest BCUT2D eigenvalue weighted by molar-refractivity contribution is 0.669. The molecule has 0 bridgehead atoms. The molecule has 9 aromatic rings. The summed E-state index contributed by atoms with van der Waals surface area (Å²) >= 11 is 0. The fraction of sp³-hybridized carbons (Fsp3) is 0. The lowest BCUT2D eigenvalue weighted by atomic mass is 10.0. The van der Waals surface area contributed by atoms with E-state index in [-0.39, 0.29) is 0 Å². The molecule has 0 spiro atoms. The van der Waals surface area contributed by atoms with Gasteiger partial charge in [0, 0.05) is 45.2 Å². The highest BCUT2D eigenvalue weighted by atomic mass is 16.3. The first-order valence-electron chi connectivity index (χ1n) is 14.6. The quantitative estimate of drug-likeness (QED) is 0.213. The lowest BCUT2D eigenvalue weighted by Crippen LogP contribution is -2.01. The minimum atomic E-state index is 0.610. The van der Waals surface area contributed by atoms with Gasteiger partial charge in [-0.15, -0.1) is 0 Å². The maximum absolute atomic E-state index is 6.26. The van der Waals surface area contributed by atoms with Crippen LogP contribution >= 0.6 is 0 Å². The zero-order chi connectivity index (χ0) is 29.0. The van der Waals surface area contributed by atoms with E-state index in [1.165, 1.54) is 0 Å². The molecule has 4 heterocycles. The summed E-state index contributed by atoms with van der Waals surface area (Å²) in [6, 6.07) is 45.6. The number of fused-ring (bicyclic) bond motifs is 7. The lowest BCUT2D eigenvalue weighted by Gasteiger charge is -2.11. The Morgan fingerprint density at radius 2 is 1.09 bits per heavy atom. The van der Waals surface area contributed by atoms with E-state index in [1.54, 1.807) is 0 Å². The molecular weight excluding hydrogens is 540 g/mol. The summed E-state index contributed by atoms with van der Waals surface area (Å²) in [5.41, 5.74) is 9.67. The van der Waals surface area contributed by atoms with E-state index in [4.69, 9.17) is 19.4 Å². The molecule has 5 nitrogen and oxygen atoms in total. The Bertz CT molecular complexity index is 2420. The molecule has 0 atom stereocenters. The molecule has 0 fully saturated rings. The van der Waals surface area contributed by atoms with Gasteiger partial charge < -0.3 is 4.42 Å². The first-order chi connectivity index (χ1) is 21.8. The fourth-order valence-corrected chi connectivity index (χ4v) is 6.27. The van der Waals surface area contributed by atoms with Gasteiger partial charge >= 0.3 is 0 Å². The van der Waals surface area contributed by atoms with Crippen molar-refractivity contribution in [1.82, 2.24) is 19.5 Å². The smallest absolute Gasteiger partial charge is 0.234 e. The first kappa shape index (κ1) is 24.5. The number of hydrogen-bond acceptors (Lipinski definition) is 4. The van der Waals surface area contributed by atoms with Crippen LogP contribution in [0.15, 0.2) is 150 Å². The molecule has 0 radical (unpaired) electrons. The third-order valence-electron chi connectivity index (χ3n) is 8.31. The predicted molar refractivity (Wildman–Crippen MR) is 178 cm³/mol. The van der Waals surface area contributed by atoms with Crippen molar-refractivity contribution in [2.24, 2.45) is 0 Å². The van der Waals surface area contributed by atoms with Crippen molar-refractivity contribution < 1.29 is 4.42 Å². The number of hydrogen-bond donors (Lipinski definition) is 0. The minimum Gasteiger partial charge on any atom is -0.456 e. The standard InChI is InChI=1S/C39H24N4O/c1-3-11-25(12-4-1)32-21-27(22-33(42-32)26-13-5-2-6-14-26)28-23-40-39(41-24-28)43-34-17-9-7-15-29(34)30-19-20-36-37(38(30)43)31-16-8-10-18-35(31)44-36/h1-24H. The Hall–Kier alpha value is -6.07. The van der Waals surface area contributed by atoms with Crippen molar-refractivity contribution >= 4 is 43.7 Å². The van der Waals surface area contributed by atoms with Crippen molar-refractivity contribution in [3.63, 3.8) is 0 Å². The van der Waals surface area contributed by atoms with Gasteiger partial charge in [0.05, 0.1) is 27.8 Å². The second-order valence-corrected chi connectivity index (χ2v) is 10.9. The average molecular weight is 565 g/mol. The Labute approximate surface area is 252 Å². The summed E-state index contributed by atoms with van der Waals surface area (Å²) in [6.45, 7) is 0. The maximum atomic E-state index is 6.26. The van der Waals surface area contributed by atoms with E-state index in [9.17, 15) is 0 Å². The third-order valence-corrected chi connectivity index (χ3v) is 8.31. The zero-order valence-electron chi connectivity index (χ0n) is 23.6. The molecule has 4 aromatic heterocycles. The van der Waals surface area contributed by atoms with Crippen LogP contribution < -0.4 is 0 Å². The van der Waals surface area contributed by atoms with Crippen molar-refractivity contribution in [3.8, 4) is 39.6 Å². The Balaban J connectivity index is 1.25. The van der Waals surface area contributed by atoms with Gasteiger partial charge in [-0.2, -0.15) is 0 Å². The number of rotatable bonds is 4. The van der Waals surface area contributed by atoms with Crippen molar-refractivity contribution in [2.75, 3.05) is 0 Å². The van der Waals surface area contributed by atoms with Crippen LogP contribution in [0.25, 0.3) is 83.3 Å². The number of furan rings is 1. The summed E-state index contributed by atoms with van der Waals surface area (Å²) in [7, 11) is 0. The maximum Gasteiger partial charge on any atom is 0.234 e. The normalized spacial score (nSPS) is 11.6. The highest BCUT2D eigenvalue weighted by molar-refractivity contribution is 6.24. The van der Waals surface area contributed by atoms with E-state index in [2.05, 4.69) is 89.5 Å². The van der Waals surface area contributed by atoms with Crippen LogP contribution in [0.2, 0.25) is 0 Å². The van der Waals surface area contributed by atoms with E-state index in [1.807, 2.05) is 60.9 Å². The molecule has 0 aliphatic heterocycles. The van der Waals surface area contributed by atoms with Gasteiger partial charge in [-0.1, -0.05) is 97.1 Å². The summed E-state index contributed by atoms with van der Waals surface area (Å²) in [5, 5.41) is 4.43. The van der Waals surface area contributed by atoms with Crippen molar-refractivity contribution in [1.29, 1.82) is 0 Å². The third kappa shape index (κ3) is 3.83. The van der Waals surface area contributed by atoms with E-state index < -0.39 is 0 Å². The monoisotopic (exact) mass is 564 g/mol. The molecule has 0 aliphatic carbocycles. The molecule has 0 saturated heterocycles. The van der Waals surface area contributed by atoms with Gasteiger partial charge in [0.25, 0.3) is 0 Å². The van der Waals surface area contributed by atoms with Gasteiger partial charge in [-0.25, -0.2) is 15.0 Å². The van der Waals surface area contributed by atoms with E-state index >= 15 is 0 Å². The molecule has 0 amide bonds. The summed E-state index contributed by atoms with van der Waals surface area (Å²) in [4.78, 5) is 15.0. The molecule has 5 heteroatoms. The molecule has 9 rings (SSSR count). The molecule has 5 aromatic carbocycles. The second kappa shape index (κ2) is 9.75. The summed E-state index contributed by atoms with van der Waals surface area (Å²) in [6.07, 6.45) is 3.82. The predicted octanol–water partition coefficient (Wildman–Crippen LogP) is 9.87. The average Bonchev–Trinajstić information content (AvgIpc) is 3.65. The molecule has 0 unspecified atom stereocenters. The molecule has 0 N–H and O–H groups in total. The van der Waals surface area contributed by atoms with E-state index in [0.717, 1.165) is 77.4 Å². The van der Waals surface area contributed by atoms with Crippen molar-refractivity contribution in [2.45, 2.75) is 0 Å². The molecule has 0 saturated carbocycles. The summed E-state index contributed by atoms with van der Waals surface area (Å²) < 4.78 is 8.42. The van der Waals surface area contributed by atoms with Crippen LogP contribution in [0.3, 0.4) is 0 Å². The van der Waals surface area contributed by atoms with Gasteiger partial charge in [0.2, 0.25) is 5.95 Å². The largest absolute Gasteiger partial charge is 0.456 e. The Morgan fingerprint density at radius 3 is 1.80 bits per heavy atom. The number of benzene rings is 5. The zero-order valence-corrected chi connectivity index (χ0v) is 23.6. The molecular formula is C39H24N4O. The topological polar surface area (TPSA) is 56.7 Å². The van der Waals surface area contributed by atoms with Gasteiger partial charge in [-0.3, -0.25) is 4.57 Å². The van der Waals surface area contributed by atoms with Crippen LogP contribution in [-0.4, -0.2) is 19.5 Å². The number of pyridine rings is 1. The van der Waals surface area contributed by atoms with Gasteiger partial charge in [0.15, 0.2) is 0 Å². The number of nitrogens with zero attached hydrogens (tertiary/aromatic N) is 4. The molecule has 0 aliphatic rings. The minimum absolute atomic E-state index is 0.610. The van der Waals surface area contributed by atoms with Gasteiger partial charge in [-0.05, 0) is 42.0 Å². The first-order valence-corrected chi connectivity index (χ1v) is 14.6. The Kier molecular flexibility index (Phi) is 5.43. The van der Waals surface area contributed by atoms with Crippen LogP contribution in [0, 0.1) is 0 Å². The van der Waals surface area contributed by atoms with Crippen LogP contribution in [0.4, 0.5) is 0 Å². The van der Waals surface area contributed by atoms with Crippen LogP contribution in [-0.2, 0) is 0 Å². The highest BCUT2D eigenvalue weighted by Gasteiger charge is 2.20. The molecule has 44 heavy (non-hydrogen) atoms. The SMILES string of the molecule is c1ccc(-c2cc(-c3cnc(-n4c5ccccc5c5ccc6oc7ccccc7c6c54)nc3)cc(-c3ccccc3)n2)cc1. The highest BCUT2D eigenvalue weighted by Crippen LogP contribution is 2.40. The van der Waals surface area contributed by atoms with E-state index in [0.29, 0.717) is 5.95 Å².